The van der Waals surface area contributed by atoms with E-state index in [0.29, 0.717) is 10.8 Å². The van der Waals surface area contributed by atoms with E-state index >= 15 is 0 Å². The normalized spacial score (nSPS) is 10.7. The van der Waals surface area contributed by atoms with Crippen molar-refractivity contribution in [2.75, 3.05) is 6.61 Å². The van der Waals surface area contributed by atoms with Gasteiger partial charge in [0.25, 0.3) is 5.91 Å². The van der Waals surface area contributed by atoms with Crippen LogP contribution >= 0.6 is 11.6 Å². The Hall–Kier alpha value is -2.33. The molecule has 0 aliphatic rings. The van der Waals surface area contributed by atoms with Crippen molar-refractivity contribution in [1.29, 1.82) is 0 Å². The van der Waals surface area contributed by atoms with Gasteiger partial charge < -0.3 is 4.74 Å². The van der Waals surface area contributed by atoms with E-state index in [1.54, 1.807) is 24.4 Å². The highest BCUT2D eigenvalue weighted by Crippen LogP contribution is 2.21. The Morgan fingerprint density at radius 2 is 2.09 bits per heavy atom. The Balaban J connectivity index is 1.83. The van der Waals surface area contributed by atoms with Crippen molar-refractivity contribution in [2.45, 2.75) is 13.8 Å². The zero-order valence-corrected chi connectivity index (χ0v) is 13.2. The van der Waals surface area contributed by atoms with E-state index in [1.165, 1.54) is 0 Å². The number of nitrogens with zero attached hydrogens (tertiary/aromatic N) is 1. The van der Waals surface area contributed by atoms with Crippen molar-refractivity contribution in [3.05, 3.63) is 64.2 Å². The lowest BCUT2D eigenvalue weighted by atomic mass is 10.2. The van der Waals surface area contributed by atoms with Crippen LogP contribution in [0, 0.1) is 13.8 Å². The number of amides is 1. The minimum absolute atomic E-state index is 0.104. The lowest BCUT2D eigenvalue weighted by Crippen LogP contribution is -2.24. The van der Waals surface area contributed by atoms with Gasteiger partial charge in [-0.3, -0.25) is 4.79 Å². The lowest BCUT2D eigenvalue weighted by Gasteiger charge is -2.08. The van der Waals surface area contributed by atoms with Crippen LogP contribution in [0.3, 0.4) is 0 Å². The van der Waals surface area contributed by atoms with Gasteiger partial charge >= 0.3 is 0 Å². The molecule has 0 unspecified atom stereocenters. The fourth-order valence-electron chi connectivity index (χ4n) is 1.88. The highest BCUT2D eigenvalue weighted by molar-refractivity contribution is 6.30. The molecule has 0 aliphatic heterocycles. The molecule has 114 valence electrons. The first-order valence-corrected chi connectivity index (χ1v) is 7.20. The molecule has 2 rings (SSSR count). The Morgan fingerprint density at radius 3 is 2.82 bits per heavy atom. The van der Waals surface area contributed by atoms with Crippen molar-refractivity contribution in [2.24, 2.45) is 5.10 Å². The van der Waals surface area contributed by atoms with Gasteiger partial charge in [-0.1, -0.05) is 41.4 Å². The summed E-state index contributed by atoms with van der Waals surface area (Å²) in [4.78, 5) is 11.7. The lowest BCUT2D eigenvalue weighted by molar-refractivity contribution is -0.123. The van der Waals surface area contributed by atoms with Crippen molar-refractivity contribution in [3.8, 4) is 5.75 Å². The van der Waals surface area contributed by atoms with Crippen LogP contribution in [0.4, 0.5) is 0 Å². The van der Waals surface area contributed by atoms with Crippen LogP contribution in [0.15, 0.2) is 47.6 Å². The van der Waals surface area contributed by atoms with Crippen molar-refractivity contribution < 1.29 is 9.53 Å². The first kappa shape index (κ1) is 16.0. The molecule has 22 heavy (non-hydrogen) atoms. The number of aryl methyl sites for hydroxylation is 2. The van der Waals surface area contributed by atoms with Gasteiger partial charge in [0, 0.05) is 5.02 Å². The topological polar surface area (TPSA) is 50.7 Å². The number of rotatable bonds is 5. The zero-order chi connectivity index (χ0) is 15.9. The predicted octanol–water partition coefficient (Wildman–Crippen LogP) is 3.49. The molecule has 1 N–H and O–H groups in total. The number of hydrazone groups is 1. The molecule has 0 heterocycles. The van der Waals surface area contributed by atoms with Crippen LogP contribution in [0.25, 0.3) is 0 Å². The number of hydrogen-bond acceptors (Lipinski definition) is 3. The quantitative estimate of drug-likeness (QED) is 0.678. The summed E-state index contributed by atoms with van der Waals surface area (Å²) in [5, 5.41) is 4.54. The molecule has 0 saturated heterocycles. The molecule has 0 atom stereocenters. The van der Waals surface area contributed by atoms with Crippen molar-refractivity contribution in [1.82, 2.24) is 5.43 Å². The number of halogens is 1. The highest BCUT2D eigenvalue weighted by Gasteiger charge is 2.04. The molecular formula is C17H17ClN2O2. The summed E-state index contributed by atoms with van der Waals surface area (Å²) in [5.74, 6) is 0.306. The largest absolute Gasteiger partial charge is 0.483 e. The molecule has 1 amide bonds. The maximum atomic E-state index is 11.7. The number of hydrogen-bond donors (Lipinski definition) is 1. The Morgan fingerprint density at radius 1 is 1.27 bits per heavy atom. The number of carbonyl (C=O) groups excluding carboxylic acids is 1. The molecule has 5 heteroatoms. The van der Waals surface area contributed by atoms with Gasteiger partial charge in [0.2, 0.25) is 0 Å². The number of nitrogens with one attached hydrogen (secondary N) is 1. The molecule has 0 aromatic heterocycles. The van der Waals surface area contributed by atoms with Crippen LogP contribution in [-0.4, -0.2) is 18.7 Å². The van der Waals surface area contributed by atoms with Gasteiger partial charge in [-0.25, -0.2) is 5.43 Å². The third-order valence-electron chi connectivity index (χ3n) is 2.94. The van der Waals surface area contributed by atoms with Gasteiger partial charge in [-0.15, -0.1) is 0 Å². The summed E-state index contributed by atoms with van der Waals surface area (Å²) < 4.78 is 5.43. The van der Waals surface area contributed by atoms with Crippen molar-refractivity contribution >= 4 is 23.7 Å². The maximum Gasteiger partial charge on any atom is 0.277 e. The third-order valence-corrected chi connectivity index (χ3v) is 3.18. The van der Waals surface area contributed by atoms with Crippen LogP contribution in [-0.2, 0) is 4.79 Å². The van der Waals surface area contributed by atoms with Gasteiger partial charge in [0.15, 0.2) is 6.61 Å². The maximum absolute atomic E-state index is 11.7. The average molecular weight is 317 g/mol. The predicted molar refractivity (Wildman–Crippen MR) is 88.6 cm³/mol. The van der Waals surface area contributed by atoms with E-state index in [-0.39, 0.29) is 12.5 Å². The third kappa shape index (κ3) is 4.90. The highest BCUT2D eigenvalue weighted by atomic mass is 35.5. The molecule has 0 radical (unpaired) electrons. The van der Waals surface area contributed by atoms with Crippen LogP contribution < -0.4 is 10.2 Å². The summed E-state index contributed by atoms with van der Waals surface area (Å²) >= 11 is 5.86. The van der Waals surface area contributed by atoms with E-state index in [9.17, 15) is 4.79 Å². The molecule has 0 spiro atoms. The molecule has 2 aromatic rings. The van der Waals surface area contributed by atoms with Gasteiger partial charge in [0.05, 0.1) is 6.21 Å². The summed E-state index contributed by atoms with van der Waals surface area (Å²) in [7, 11) is 0. The Labute approximate surface area is 134 Å². The Kier molecular flexibility index (Phi) is 5.55. The first-order chi connectivity index (χ1) is 10.5. The van der Waals surface area contributed by atoms with Crippen LogP contribution in [0.2, 0.25) is 5.02 Å². The summed E-state index contributed by atoms with van der Waals surface area (Å²) in [5.41, 5.74) is 5.37. The molecule has 0 bridgehead atoms. The van der Waals surface area contributed by atoms with Gasteiger partial charge in [-0.2, -0.15) is 5.10 Å². The monoisotopic (exact) mass is 316 g/mol. The summed E-state index contributed by atoms with van der Waals surface area (Å²) in [6.45, 7) is 3.76. The van der Waals surface area contributed by atoms with Gasteiger partial charge in [0.1, 0.15) is 5.75 Å². The SMILES string of the molecule is Cc1cccc(/C=N/NC(=O)COc2ccc(Cl)cc2C)c1. The molecule has 0 aliphatic carbocycles. The number of benzene rings is 2. The van der Waals surface area contributed by atoms with Gasteiger partial charge in [-0.05, 0) is 43.2 Å². The van der Waals surface area contributed by atoms with E-state index < -0.39 is 0 Å². The molecule has 4 nitrogen and oxygen atoms in total. The molecule has 2 aromatic carbocycles. The average Bonchev–Trinajstić information content (AvgIpc) is 2.46. The standard InChI is InChI=1S/C17H17ClN2O2/c1-12-4-3-5-14(8-12)10-19-20-17(21)11-22-16-7-6-15(18)9-13(16)2/h3-10H,11H2,1-2H3,(H,20,21)/b19-10+. The summed E-state index contributed by atoms with van der Waals surface area (Å²) in [6.07, 6.45) is 1.60. The van der Waals surface area contributed by atoms with E-state index in [0.717, 1.165) is 16.7 Å². The zero-order valence-electron chi connectivity index (χ0n) is 12.5. The second kappa shape index (κ2) is 7.61. The molecular weight excluding hydrogens is 300 g/mol. The van der Waals surface area contributed by atoms with E-state index in [2.05, 4.69) is 10.5 Å². The first-order valence-electron chi connectivity index (χ1n) is 6.82. The minimum atomic E-state index is -0.321. The van der Waals surface area contributed by atoms with Crippen LogP contribution in [0.5, 0.6) is 5.75 Å². The second-order valence-corrected chi connectivity index (χ2v) is 5.34. The summed E-state index contributed by atoms with van der Waals surface area (Å²) in [6, 6.07) is 13.1. The molecule has 0 fully saturated rings. The van der Waals surface area contributed by atoms with Crippen molar-refractivity contribution in [3.63, 3.8) is 0 Å². The molecule has 0 saturated carbocycles. The Bertz CT molecular complexity index is 699. The number of carbonyl (C=O) groups is 1. The minimum Gasteiger partial charge on any atom is -0.483 e. The van der Waals surface area contributed by atoms with Crippen LogP contribution in [0.1, 0.15) is 16.7 Å². The van der Waals surface area contributed by atoms with E-state index in [4.69, 9.17) is 16.3 Å². The van der Waals surface area contributed by atoms with E-state index in [1.807, 2.05) is 38.1 Å². The number of ether oxygens (including phenoxy) is 1. The smallest absolute Gasteiger partial charge is 0.277 e. The second-order valence-electron chi connectivity index (χ2n) is 4.91. The fourth-order valence-corrected chi connectivity index (χ4v) is 2.11. The fraction of sp³-hybridized carbons (Fsp3) is 0.176.